The van der Waals surface area contributed by atoms with Crippen LogP contribution in [0.1, 0.15) is 15.9 Å². The van der Waals surface area contributed by atoms with Gasteiger partial charge < -0.3 is 5.73 Å². The minimum absolute atomic E-state index is 0.200. The van der Waals surface area contributed by atoms with Gasteiger partial charge in [-0.2, -0.15) is 5.10 Å². The SMILES string of the molecule is Nc1c(C(=O)c2cccc(-c3cccs3)c2)cnn1-c1ccc(F)cc1. The van der Waals surface area contributed by atoms with Crippen molar-refractivity contribution in [1.29, 1.82) is 0 Å². The molecule has 4 rings (SSSR count). The normalized spacial score (nSPS) is 10.8. The molecular formula is C20H14FN3OS. The fourth-order valence-electron chi connectivity index (χ4n) is 2.73. The summed E-state index contributed by atoms with van der Waals surface area (Å²) in [5.41, 5.74) is 8.57. The van der Waals surface area contributed by atoms with Crippen molar-refractivity contribution in [1.82, 2.24) is 9.78 Å². The first-order valence-electron chi connectivity index (χ1n) is 7.91. The van der Waals surface area contributed by atoms with Crippen LogP contribution in [0.4, 0.5) is 10.2 Å². The molecule has 4 nitrogen and oxygen atoms in total. The van der Waals surface area contributed by atoms with Crippen LogP contribution in [0.3, 0.4) is 0 Å². The molecule has 2 aromatic heterocycles. The molecule has 0 atom stereocenters. The van der Waals surface area contributed by atoms with Gasteiger partial charge in [0.1, 0.15) is 11.6 Å². The Morgan fingerprint density at radius 1 is 1.08 bits per heavy atom. The number of hydrogen-bond acceptors (Lipinski definition) is 4. The number of hydrogen-bond donors (Lipinski definition) is 1. The molecule has 0 radical (unpaired) electrons. The second-order valence-electron chi connectivity index (χ2n) is 5.72. The monoisotopic (exact) mass is 363 g/mol. The summed E-state index contributed by atoms with van der Waals surface area (Å²) in [6.45, 7) is 0. The summed E-state index contributed by atoms with van der Waals surface area (Å²) >= 11 is 1.61. The van der Waals surface area contributed by atoms with Crippen LogP contribution < -0.4 is 5.73 Å². The Labute approximate surface area is 153 Å². The van der Waals surface area contributed by atoms with Gasteiger partial charge in [-0.3, -0.25) is 4.79 Å². The highest BCUT2D eigenvalue weighted by molar-refractivity contribution is 7.13. The van der Waals surface area contributed by atoms with Gasteiger partial charge in [0.15, 0.2) is 5.78 Å². The summed E-state index contributed by atoms with van der Waals surface area (Å²) in [6.07, 6.45) is 1.44. The number of halogens is 1. The molecule has 0 aliphatic rings. The molecule has 2 aromatic carbocycles. The third kappa shape index (κ3) is 2.91. The number of nitrogens with zero attached hydrogens (tertiary/aromatic N) is 2. The largest absolute Gasteiger partial charge is 0.383 e. The first-order chi connectivity index (χ1) is 12.6. The molecule has 0 saturated carbocycles. The van der Waals surface area contributed by atoms with Gasteiger partial charge in [0.2, 0.25) is 0 Å². The summed E-state index contributed by atoms with van der Waals surface area (Å²) in [5, 5.41) is 6.18. The third-order valence-electron chi connectivity index (χ3n) is 4.05. The standard InChI is InChI=1S/C20H14FN3OS/c21-15-6-8-16(9-7-15)24-20(22)17(12-23-24)19(25)14-4-1-3-13(11-14)18-5-2-10-26-18/h1-12H,22H2. The summed E-state index contributed by atoms with van der Waals surface area (Å²) in [6, 6.07) is 17.2. The fraction of sp³-hybridized carbons (Fsp3) is 0. The first-order valence-corrected chi connectivity index (χ1v) is 8.79. The number of anilines is 1. The summed E-state index contributed by atoms with van der Waals surface area (Å²) in [7, 11) is 0. The topological polar surface area (TPSA) is 60.9 Å². The van der Waals surface area contributed by atoms with Crippen LogP contribution in [0, 0.1) is 5.82 Å². The summed E-state index contributed by atoms with van der Waals surface area (Å²) in [5.74, 6) is -0.321. The average molecular weight is 363 g/mol. The molecule has 26 heavy (non-hydrogen) atoms. The molecule has 2 heterocycles. The molecule has 0 bridgehead atoms. The van der Waals surface area contributed by atoms with Gasteiger partial charge >= 0.3 is 0 Å². The van der Waals surface area contributed by atoms with Crippen molar-refractivity contribution in [2.24, 2.45) is 0 Å². The minimum Gasteiger partial charge on any atom is -0.383 e. The highest BCUT2D eigenvalue weighted by Gasteiger charge is 2.18. The van der Waals surface area contributed by atoms with E-state index in [4.69, 9.17) is 5.73 Å². The predicted octanol–water partition coefficient (Wildman–Crippen LogP) is 4.55. The molecule has 0 aliphatic carbocycles. The fourth-order valence-corrected chi connectivity index (χ4v) is 3.46. The number of ketones is 1. The lowest BCUT2D eigenvalue weighted by Crippen LogP contribution is -2.07. The number of rotatable bonds is 4. The predicted molar refractivity (Wildman–Crippen MR) is 101 cm³/mol. The molecule has 0 amide bonds. The van der Waals surface area contributed by atoms with Crippen molar-refractivity contribution in [2.45, 2.75) is 0 Å². The number of aromatic nitrogens is 2. The van der Waals surface area contributed by atoms with E-state index in [0.29, 0.717) is 16.8 Å². The van der Waals surface area contributed by atoms with E-state index in [9.17, 15) is 9.18 Å². The van der Waals surface area contributed by atoms with Crippen LogP contribution in [0.25, 0.3) is 16.1 Å². The van der Waals surface area contributed by atoms with E-state index in [-0.39, 0.29) is 17.4 Å². The molecule has 0 unspecified atom stereocenters. The van der Waals surface area contributed by atoms with E-state index < -0.39 is 0 Å². The number of benzene rings is 2. The molecule has 0 spiro atoms. The van der Waals surface area contributed by atoms with E-state index >= 15 is 0 Å². The highest BCUT2D eigenvalue weighted by Crippen LogP contribution is 2.27. The maximum Gasteiger partial charge on any atom is 0.198 e. The Kier molecular flexibility index (Phi) is 4.10. The zero-order valence-corrected chi connectivity index (χ0v) is 14.4. The van der Waals surface area contributed by atoms with Gasteiger partial charge in [-0.1, -0.05) is 24.3 Å². The Morgan fingerprint density at radius 2 is 1.88 bits per heavy atom. The molecule has 0 saturated heterocycles. The Balaban J connectivity index is 1.69. The van der Waals surface area contributed by atoms with Crippen molar-refractivity contribution < 1.29 is 9.18 Å². The Morgan fingerprint density at radius 3 is 2.62 bits per heavy atom. The Hall–Kier alpha value is -3.25. The third-order valence-corrected chi connectivity index (χ3v) is 4.97. The van der Waals surface area contributed by atoms with Crippen LogP contribution in [-0.4, -0.2) is 15.6 Å². The molecule has 0 aliphatic heterocycles. The van der Waals surface area contributed by atoms with Crippen molar-refractivity contribution in [2.75, 3.05) is 5.73 Å². The smallest absolute Gasteiger partial charge is 0.198 e. The summed E-state index contributed by atoms with van der Waals surface area (Å²) in [4.78, 5) is 14.0. The van der Waals surface area contributed by atoms with E-state index in [0.717, 1.165) is 10.4 Å². The number of nitrogens with two attached hydrogens (primary N) is 1. The van der Waals surface area contributed by atoms with Crippen LogP contribution in [0.5, 0.6) is 0 Å². The van der Waals surface area contributed by atoms with E-state index in [1.807, 2.05) is 35.7 Å². The van der Waals surface area contributed by atoms with Crippen LogP contribution in [0.15, 0.2) is 72.2 Å². The van der Waals surface area contributed by atoms with Crippen molar-refractivity contribution in [3.63, 3.8) is 0 Å². The Bertz CT molecular complexity index is 1070. The zero-order valence-electron chi connectivity index (χ0n) is 13.6. The number of thiophene rings is 1. The molecule has 128 valence electrons. The van der Waals surface area contributed by atoms with Gasteiger partial charge in [-0.25, -0.2) is 9.07 Å². The van der Waals surface area contributed by atoms with Crippen molar-refractivity contribution in [3.8, 4) is 16.1 Å². The average Bonchev–Trinajstić information content (AvgIpc) is 3.32. The summed E-state index contributed by atoms with van der Waals surface area (Å²) < 4.78 is 14.5. The van der Waals surface area contributed by atoms with Crippen molar-refractivity contribution in [3.05, 3.63) is 89.2 Å². The molecular weight excluding hydrogens is 349 g/mol. The maximum absolute atomic E-state index is 13.1. The number of carbonyl (C=O) groups excluding carboxylic acids is 1. The number of carbonyl (C=O) groups is 1. The van der Waals surface area contributed by atoms with Crippen molar-refractivity contribution >= 4 is 22.9 Å². The van der Waals surface area contributed by atoms with E-state index in [2.05, 4.69) is 5.10 Å². The lowest BCUT2D eigenvalue weighted by Gasteiger charge is -2.06. The minimum atomic E-state index is -0.346. The highest BCUT2D eigenvalue weighted by atomic mass is 32.1. The maximum atomic E-state index is 13.1. The lowest BCUT2D eigenvalue weighted by atomic mass is 10.0. The van der Waals surface area contributed by atoms with Crippen LogP contribution in [0.2, 0.25) is 0 Å². The first kappa shape index (κ1) is 16.2. The zero-order chi connectivity index (χ0) is 18.1. The van der Waals surface area contributed by atoms with E-state index in [1.165, 1.54) is 23.0 Å². The molecule has 2 N–H and O–H groups in total. The van der Waals surface area contributed by atoms with Gasteiger partial charge in [-0.05, 0) is 47.3 Å². The molecule has 4 aromatic rings. The van der Waals surface area contributed by atoms with Gasteiger partial charge in [0.05, 0.1) is 17.4 Å². The molecule has 0 fully saturated rings. The second kappa shape index (κ2) is 6.57. The van der Waals surface area contributed by atoms with Crippen LogP contribution in [-0.2, 0) is 0 Å². The van der Waals surface area contributed by atoms with E-state index in [1.54, 1.807) is 29.5 Å². The lowest BCUT2D eigenvalue weighted by molar-refractivity contribution is 0.103. The van der Waals surface area contributed by atoms with Crippen LogP contribution >= 0.6 is 11.3 Å². The van der Waals surface area contributed by atoms with Gasteiger partial charge in [0, 0.05) is 10.4 Å². The number of nitrogen functional groups attached to an aromatic ring is 1. The second-order valence-corrected chi connectivity index (χ2v) is 6.67. The quantitative estimate of drug-likeness (QED) is 0.541. The van der Waals surface area contributed by atoms with Gasteiger partial charge in [-0.15, -0.1) is 11.3 Å². The van der Waals surface area contributed by atoms with Gasteiger partial charge in [0.25, 0.3) is 0 Å². The molecule has 6 heteroatoms.